The summed E-state index contributed by atoms with van der Waals surface area (Å²) >= 11 is 0. The Balaban J connectivity index is 3.16. The fourth-order valence-electron chi connectivity index (χ4n) is 1.45. The maximum atomic E-state index is 13.3. The summed E-state index contributed by atoms with van der Waals surface area (Å²) in [5.74, 6) is -8.26. The van der Waals surface area contributed by atoms with Crippen LogP contribution in [0.1, 0.15) is 24.2 Å². The monoisotopic (exact) mass is 260 g/mol. The van der Waals surface area contributed by atoms with Crippen molar-refractivity contribution in [2.45, 2.75) is 13.8 Å². The predicted octanol–water partition coefficient (Wildman–Crippen LogP) is 2.64. The summed E-state index contributed by atoms with van der Waals surface area (Å²) in [6, 6.07) is 0.767. The zero-order valence-electron chi connectivity index (χ0n) is 9.71. The molecule has 0 saturated carbocycles. The van der Waals surface area contributed by atoms with Crippen LogP contribution in [0.25, 0.3) is 0 Å². The number of Topliss-reactive ketones (excluding diaryl/α,β-unsaturated/α-hetero) is 1. The van der Waals surface area contributed by atoms with Gasteiger partial charge in [0, 0.05) is 18.1 Å². The topological polar surface area (TPSA) is 54.4 Å². The maximum Gasteiger partial charge on any atom is 0.306 e. The van der Waals surface area contributed by atoms with Crippen molar-refractivity contribution in [1.29, 1.82) is 0 Å². The van der Waals surface area contributed by atoms with Gasteiger partial charge in [-0.05, 0) is 0 Å². The van der Waals surface area contributed by atoms with Crippen molar-refractivity contribution < 1.29 is 27.9 Å². The van der Waals surface area contributed by atoms with Crippen LogP contribution in [0, 0.1) is 29.3 Å². The molecule has 0 fully saturated rings. The molecule has 1 aromatic rings. The molecule has 98 valence electrons. The third-order valence-corrected chi connectivity index (χ3v) is 2.81. The second-order valence-electron chi connectivity index (χ2n) is 4.02. The molecule has 2 atom stereocenters. The third-order valence-electron chi connectivity index (χ3n) is 2.81. The number of halogens is 3. The van der Waals surface area contributed by atoms with E-state index in [1.807, 2.05) is 0 Å². The molecule has 6 heteroatoms. The molecule has 2 unspecified atom stereocenters. The van der Waals surface area contributed by atoms with E-state index < -0.39 is 46.6 Å². The molecular weight excluding hydrogens is 249 g/mol. The van der Waals surface area contributed by atoms with Crippen LogP contribution in [0.3, 0.4) is 0 Å². The minimum Gasteiger partial charge on any atom is -0.481 e. The highest BCUT2D eigenvalue weighted by Crippen LogP contribution is 2.22. The van der Waals surface area contributed by atoms with Crippen molar-refractivity contribution in [2.24, 2.45) is 11.8 Å². The molecule has 0 saturated heterocycles. The summed E-state index contributed by atoms with van der Waals surface area (Å²) in [6.07, 6.45) is 0. The Labute approximate surface area is 101 Å². The van der Waals surface area contributed by atoms with E-state index in [1.165, 1.54) is 13.8 Å². The van der Waals surface area contributed by atoms with Gasteiger partial charge in [0.15, 0.2) is 5.78 Å². The second-order valence-corrected chi connectivity index (χ2v) is 4.02. The molecule has 0 amide bonds. The van der Waals surface area contributed by atoms with Gasteiger partial charge in [0.2, 0.25) is 0 Å². The highest BCUT2D eigenvalue weighted by atomic mass is 19.1. The van der Waals surface area contributed by atoms with Gasteiger partial charge >= 0.3 is 5.97 Å². The predicted molar refractivity (Wildman–Crippen MR) is 56.6 cm³/mol. The Morgan fingerprint density at radius 2 is 1.50 bits per heavy atom. The number of ketones is 1. The number of carbonyl (C=O) groups is 2. The molecule has 0 aliphatic rings. The molecule has 0 spiro atoms. The van der Waals surface area contributed by atoms with Gasteiger partial charge in [0.25, 0.3) is 0 Å². The van der Waals surface area contributed by atoms with Gasteiger partial charge in [0.05, 0.1) is 11.5 Å². The first-order chi connectivity index (χ1) is 8.25. The van der Waals surface area contributed by atoms with Crippen LogP contribution in [0.15, 0.2) is 12.1 Å². The summed E-state index contributed by atoms with van der Waals surface area (Å²) in [5.41, 5.74) is -0.906. The smallest absolute Gasteiger partial charge is 0.306 e. The Hall–Kier alpha value is -1.85. The summed E-state index contributed by atoms with van der Waals surface area (Å²) in [7, 11) is 0. The van der Waals surface area contributed by atoms with E-state index in [0.717, 1.165) is 0 Å². The molecule has 0 radical (unpaired) electrons. The molecule has 0 heterocycles. The molecule has 1 rings (SSSR count). The van der Waals surface area contributed by atoms with Gasteiger partial charge in [-0.3, -0.25) is 9.59 Å². The number of hydrogen-bond donors (Lipinski definition) is 1. The number of carboxylic acids is 1. The summed E-state index contributed by atoms with van der Waals surface area (Å²) in [6.45, 7) is 2.51. The average molecular weight is 260 g/mol. The minimum atomic E-state index is -1.33. The van der Waals surface area contributed by atoms with Crippen LogP contribution < -0.4 is 0 Å². The van der Waals surface area contributed by atoms with E-state index in [9.17, 15) is 22.8 Å². The number of aliphatic carboxylic acids is 1. The Bertz CT molecular complexity index is 476. The molecule has 1 N–H and O–H groups in total. The van der Waals surface area contributed by atoms with E-state index in [4.69, 9.17) is 5.11 Å². The summed E-state index contributed by atoms with van der Waals surface area (Å²) < 4.78 is 39.4. The van der Waals surface area contributed by atoms with Gasteiger partial charge in [-0.15, -0.1) is 0 Å². The lowest BCUT2D eigenvalue weighted by Crippen LogP contribution is -2.26. The van der Waals surface area contributed by atoms with Crippen molar-refractivity contribution >= 4 is 11.8 Å². The first-order valence-electron chi connectivity index (χ1n) is 5.17. The highest BCUT2D eigenvalue weighted by Gasteiger charge is 2.30. The van der Waals surface area contributed by atoms with Gasteiger partial charge < -0.3 is 5.11 Å². The maximum absolute atomic E-state index is 13.3. The van der Waals surface area contributed by atoms with Crippen LogP contribution in [-0.4, -0.2) is 16.9 Å². The van der Waals surface area contributed by atoms with Crippen LogP contribution in [0.2, 0.25) is 0 Å². The highest BCUT2D eigenvalue weighted by molar-refractivity contribution is 6.00. The molecule has 3 nitrogen and oxygen atoms in total. The van der Waals surface area contributed by atoms with Crippen molar-refractivity contribution in [3.63, 3.8) is 0 Å². The largest absolute Gasteiger partial charge is 0.481 e. The number of carbonyl (C=O) groups excluding carboxylic acids is 1. The molecule has 18 heavy (non-hydrogen) atoms. The van der Waals surface area contributed by atoms with Gasteiger partial charge in [0.1, 0.15) is 17.5 Å². The Morgan fingerprint density at radius 3 is 1.89 bits per heavy atom. The van der Waals surface area contributed by atoms with Crippen LogP contribution in [-0.2, 0) is 4.79 Å². The molecule has 0 aromatic heterocycles. The minimum absolute atomic E-state index is 0.383. The number of rotatable bonds is 4. The zero-order valence-corrected chi connectivity index (χ0v) is 9.71. The number of carboxylic acid groups (broad SMARTS) is 1. The summed E-state index contributed by atoms with van der Waals surface area (Å²) in [4.78, 5) is 22.5. The lowest BCUT2D eigenvalue weighted by molar-refractivity contribution is -0.142. The van der Waals surface area contributed by atoms with E-state index in [0.29, 0.717) is 12.1 Å². The van der Waals surface area contributed by atoms with E-state index in [2.05, 4.69) is 0 Å². The van der Waals surface area contributed by atoms with Crippen LogP contribution in [0.5, 0.6) is 0 Å². The third kappa shape index (κ3) is 2.69. The van der Waals surface area contributed by atoms with Crippen molar-refractivity contribution in [3.05, 3.63) is 35.1 Å². The Morgan fingerprint density at radius 1 is 1.06 bits per heavy atom. The zero-order chi connectivity index (χ0) is 14.0. The lowest BCUT2D eigenvalue weighted by Gasteiger charge is -2.15. The standard InChI is InChI=1S/C12H11F3O3/c1-5(6(2)12(17)18)11(16)10-8(14)3-7(13)4-9(10)15/h3-6H,1-2H3,(H,17,18). The van der Waals surface area contributed by atoms with Crippen LogP contribution >= 0.6 is 0 Å². The molecule has 0 aliphatic heterocycles. The van der Waals surface area contributed by atoms with E-state index >= 15 is 0 Å². The quantitative estimate of drug-likeness (QED) is 0.847. The van der Waals surface area contributed by atoms with Crippen molar-refractivity contribution in [3.8, 4) is 0 Å². The molecule has 0 aliphatic carbocycles. The molecular formula is C12H11F3O3. The molecule has 0 bridgehead atoms. The van der Waals surface area contributed by atoms with Crippen molar-refractivity contribution in [2.75, 3.05) is 0 Å². The second kappa shape index (κ2) is 5.20. The number of hydrogen-bond acceptors (Lipinski definition) is 2. The number of benzene rings is 1. The fourth-order valence-corrected chi connectivity index (χ4v) is 1.45. The first kappa shape index (κ1) is 14.2. The first-order valence-corrected chi connectivity index (χ1v) is 5.17. The Kier molecular flexibility index (Phi) is 4.11. The lowest BCUT2D eigenvalue weighted by atomic mass is 9.88. The van der Waals surface area contributed by atoms with Gasteiger partial charge in [-0.25, -0.2) is 13.2 Å². The van der Waals surface area contributed by atoms with Gasteiger partial charge in [-0.1, -0.05) is 13.8 Å². The van der Waals surface area contributed by atoms with E-state index in [-0.39, 0.29) is 0 Å². The normalized spacial score (nSPS) is 14.1. The van der Waals surface area contributed by atoms with Crippen LogP contribution in [0.4, 0.5) is 13.2 Å². The molecule has 1 aromatic carbocycles. The van der Waals surface area contributed by atoms with Crippen molar-refractivity contribution in [1.82, 2.24) is 0 Å². The summed E-state index contributed by atoms with van der Waals surface area (Å²) in [5, 5.41) is 8.73. The average Bonchev–Trinajstić information content (AvgIpc) is 2.25. The fraction of sp³-hybridized carbons (Fsp3) is 0.333. The SMILES string of the molecule is CC(C(=O)O)C(C)C(=O)c1c(F)cc(F)cc1F. The van der Waals surface area contributed by atoms with E-state index in [1.54, 1.807) is 0 Å². The van der Waals surface area contributed by atoms with Gasteiger partial charge in [-0.2, -0.15) is 0 Å².